The van der Waals surface area contributed by atoms with Gasteiger partial charge in [-0.1, -0.05) is 18.2 Å². The van der Waals surface area contributed by atoms with Crippen molar-refractivity contribution in [2.75, 3.05) is 6.54 Å². The Labute approximate surface area is 199 Å². The second-order valence-electron chi connectivity index (χ2n) is 7.27. The molecule has 1 aliphatic rings. The number of aromatic amines is 1. The molecular weight excluding hydrogens is 496 g/mol. The van der Waals surface area contributed by atoms with Gasteiger partial charge < -0.3 is 20.1 Å². The largest absolute Gasteiger partial charge is 0.573 e. The number of H-pyrrole nitrogens is 1. The van der Waals surface area contributed by atoms with Gasteiger partial charge in [0.1, 0.15) is 5.75 Å². The van der Waals surface area contributed by atoms with Crippen molar-refractivity contribution in [2.45, 2.75) is 19.0 Å². The van der Waals surface area contributed by atoms with Gasteiger partial charge in [0, 0.05) is 41.7 Å². The van der Waals surface area contributed by atoms with Crippen LogP contribution in [0.2, 0.25) is 0 Å². The second-order valence-corrected chi connectivity index (χ2v) is 7.27. The number of carbonyl (C=O) groups is 2. The third kappa shape index (κ3) is 7.10. The number of carbonyl (C=O) groups excluding carboxylic acids is 1. The summed E-state index contributed by atoms with van der Waals surface area (Å²) >= 11 is 0. The van der Waals surface area contributed by atoms with Crippen molar-refractivity contribution in [3.05, 3.63) is 71.2 Å². The molecule has 0 fully saturated rings. The number of hydrogen-bond acceptors (Lipinski definition) is 4. The highest BCUT2D eigenvalue weighted by Crippen LogP contribution is 2.28. The molecular formula is C23H17F6N3O4. The Morgan fingerprint density at radius 2 is 1.75 bits per heavy atom. The number of carboxylic acid groups (broad SMARTS) is 1. The van der Waals surface area contributed by atoms with E-state index < -0.39 is 18.5 Å². The smallest absolute Gasteiger partial charge is 0.475 e. The normalized spacial score (nSPS) is 13.4. The van der Waals surface area contributed by atoms with Crippen LogP contribution in [0.5, 0.6) is 5.75 Å². The molecule has 2 aromatic heterocycles. The van der Waals surface area contributed by atoms with Gasteiger partial charge in [0.15, 0.2) is 0 Å². The average molecular weight is 513 g/mol. The zero-order chi connectivity index (χ0) is 26.5. The Hall–Kier alpha value is -4.29. The van der Waals surface area contributed by atoms with E-state index in [2.05, 4.69) is 20.0 Å². The van der Waals surface area contributed by atoms with Gasteiger partial charge in [0.2, 0.25) is 0 Å². The van der Waals surface area contributed by atoms with Crippen molar-refractivity contribution in [2.24, 2.45) is 0 Å². The van der Waals surface area contributed by atoms with Gasteiger partial charge in [0.05, 0.1) is 11.3 Å². The lowest BCUT2D eigenvalue weighted by Gasteiger charge is -2.11. The minimum atomic E-state index is -5.08. The van der Waals surface area contributed by atoms with Gasteiger partial charge in [-0.15, -0.1) is 13.2 Å². The van der Waals surface area contributed by atoms with E-state index in [1.165, 1.54) is 24.3 Å². The lowest BCUT2D eigenvalue weighted by molar-refractivity contribution is -0.274. The summed E-state index contributed by atoms with van der Waals surface area (Å²) in [5, 5.41) is 9.92. The number of halogens is 6. The van der Waals surface area contributed by atoms with E-state index in [-0.39, 0.29) is 17.2 Å². The predicted octanol–water partition coefficient (Wildman–Crippen LogP) is 5.06. The monoisotopic (exact) mass is 513 g/mol. The predicted molar refractivity (Wildman–Crippen MR) is 116 cm³/mol. The number of amides is 1. The number of alkyl halides is 6. The maximum Gasteiger partial charge on any atom is 0.573 e. The number of carboxylic acids is 1. The summed E-state index contributed by atoms with van der Waals surface area (Å²) < 4.78 is 73.5. The molecule has 0 aliphatic carbocycles. The number of nitrogens with one attached hydrogen (secondary N) is 2. The molecule has 1 aliphatic heterocycles. The number of nitrogens with zero attached hydrogens (tertiary/aromatic N) is 1. The van der Waals surface area contributed by atoms with Crippen molar-refractivity contribution in [1.29, 1.82) is 0 Å². The molecule has 0 saturated heterocycles. The van der Waals surface area contributed by atoms with Crippen LogP contribution in [0.25, 0.3) is 23.4 Å². The zero-order valence-corrected chi connectivity index (χ0v) is 18.1. The minimum absolute atomic E-state index is 0.107. The summed E-state index contributed by atoms with van der Waals surface area (Å²) in [6, 6.07) is 11.3. The summed E-state index contributed by atoms with van der Waals surface area (Å²) in [7, 11) is 0. The first kappa shape index (κ1) is 26.3. The molecule has 36 heavy (non-hydrogen) atoms. The fraction of sp³-hybridized carbons (Fsp3) is 0.174. The number of rotatable bonds is 4. The maximum atomic E-state index is 12.6. The molecule has 3 N–H and O–H groups in total. The molecule has 1 aromatic carbocycles. The maximum absolute atomic E-state index is 12.6. The third-order valence-corrected chi connectivity index (χ3v) is 4.72. The topological polar surface area (TPSA) is 104 Å². The fourth-order valence-electron chi connectivity index (χ4n) is 3.17. The molecule has 0 unspecified atom stereocenters. The van der Waals surface area contributed by atoms with Gasteiger partial charge in [-0.3, -0.25) is 9.78 Å². The summed E-state index contributed by atoms with van der Waals surface area (Å²) in [4.78, 5) is 28.3. The van der Waals surface area contributed by atoms with Crippen LogP contribution in [0.1, 0.15) is 27.3 Å². The van der Waals surface area contributed by atoms with Crippen molar-refractivity contribution in [1.82, 2.24) is 15.3 Å². The number of ether oxygens (including phenoxy) is 1. The molecule has 0 bridgehead atoms. The van der Waals surface area contributed by atoms with E-state index in [0.29, 0.717) is 17.8 Å². The highest BCUT2D eigenvalue weighted by atomic mass is 19.4. The Morgan fingerprint density at radius 1 is 1.06 bits per heavy atom. The van der Waals surface area contributed by atoms with Crippen LogP contribution in [0.4, 0.5) is 26.3 Å². The molecule has 1 amide bonds. The van der Waals surface area contributed by atoms with E-state index in [1.54, 1.807) is 36.5 Å². The third-order valence-electron chi connectivity index (χ3n) is 4.72. The van der Waals surface area contributed by atoms with Crippen LogP contribution in [0, 0.1) is 0 Å². The van der Waals surface area contributed by atoms with Crippen molar-refractivity contribution < 1.29 is 45.8 Å². The van der Waals surface area contributed by atoms with E-state index in [0.717, 1.165) is 23.4 Å². The summed E-state index contributed by atoms with van der Waals surface area (Å²) in [6.07, 6.45) is -4.39. The molecule has 0 radical (unpaired) electrons. The Bertz CT molecular complexity index is 1280. The quantitative estimate of drug-likeness (QED) is 0.423. The minimum Gasteiger partial charge on any atom is -0.475 e. The number of benzene rings is 1. The summed E-state index contributed by atoms with van der Waals surface area (Å²) in [6.45, 7) is 0.593. The highest BCUT2D eigenvalue weighted by molar-refractivity contribution is 5.97. The lowest BCUT2D eigenvalue weighted by Crippen LogP contribution is -2.31. The molecule has 0 atom stereocenters. The molecule has 7 nitrogen and oxygen atoms in total. The van der Waals surface area contributed by atoms with Crippen LogP contribution >= 0.6 is 0 Å². The molecule has 13 heteroatoms. The van der Waals surface area contributed by atoms with E-state index >= 15 is 0 Å². The van der Waals surface area contributed by atoms with Crippen LogP contribution in [-0.2, 0) is 11.2 Å². The zero-order valence-electron chi connectivity index (χ0n) is 18.1. The number of para-hydroxylation sites is 1. The Balaban J connectivity index is 0.000000454. The van der Waals surface area contributed by atoms with E-state index in [4.69, 9.17) is 9.90 Å². The first-order valence-electron chi connectivity index (χ1n) is 10.1. The molecule has 3 heterocycles. The van der Waals surface area contributed by atoms with Crippen molar-refractivity contribution >= 4 is 24.0 Å². The highest BCUT2D eigenvalue weighted by Gasteiger charge is 2.38. The summed E-state index contributed by atoms with van der Waals surface area (Å²) in [5.41, 5.74) is 3.95. The SMILES string of the molecule is O=C(O)C(F)(F)F.O=C1NCCc2[nH]c(-c3ccnc(C=Cc4ccccc4OC(F)(F)F)c3)cc21. The van der Waals surface area contributed by atoms with Crippen molar-refractivity contribution in [3.8, 4) is 17.0 Å². The van der Waals surface area contributed by atoms with Gasteiger partial charge >= 0.3 is 18.5 Å². The number of pyridine rings is 1. The molecule has 4 rings (SSSR count). The average Bonchev–Trinajstić information content (AvgIpc) is 3.23. The number of fused-ring (bicyclic) bond motifs is 1. The van der Waals surface area contributed by atoms with E-state index in [1.807, 2.05) is 0 Å². The molecule has 0 saturated carbocycles. The van der Waals surface area contributed by atoms with Gasteiger partial charge in [-0.05, 0) is 36.4 Å². The van der Waals surface area contributed by atoms with E-state index in [9.17, 15) is 31.1 Å². The summed E-state index contributed by atoms with van der Waals surface area (Å²) in [5.74, 6) is -3.15. The van der Waals surface area contributed by atoms with Crippen LogP contribution in [-0.4, -0.2) is 46.0 Å². The van der Waals surface area contributed by atoms with Crippen molar-refractivity contribution in [3.63, 3.8) is 0 Å². The van der Waals surface area contributed by atoms with Gasteiger partial charge in [-0.2, -0.15) is 13.2 Å². The lowest BCUT2D eigenvalue weighted by atomic mass is 10.1. The van der Waals surface area contributed by atoms with Gasteiger partial charge in [-0.25, -0.2) is 4.79 Å². The molecule has 0 spiro atoms. The Morgan fingerprint density at radius 3 is 2.39 bits per heavy atom. The number of aliphatic carboxylic acids is 1. The van der Waals surface area contributed by atoms with Crippen LogP contribution in [0.15, 0.2) is 48.7 Å². The molecule has 190 valence electrons. The van der Waals surface area contributed by atoms with Crippen LogP contribution in [0.3, 0.4) is 0 Å². The number of aromatic nitrogens is 2. The fourth-order valence-corrected chi connectivity index (χ4v) is 3.17. The van der Waals surface area contributed by atoms with Gasteiger partial charge in [0.25, 0.3) is 5.91 Å². The van der Waals surface area contributed by atoms with Crippen LogP contribution < -0.4 is 10.1 Å². The Kier molecular flexibility index (Phi) is 7.71. The standard InChI is InChI=1S/C21H16F3N3O2.C2HF3O2/c22-21(23,24)29-19-4-2-1-3-13(19)5-6-15-11-14(7-9-25-15)18-12-16-17(27-18)8-10-26-20(16)28;3-2(4,5)1(6)7/h1-7,9,11-12,27H,8,10H2,(H,26,28);(H,6,7). The molecule has 3 aromatic rings. The first-order valence-corrected chi connectivity index (χ1v) is 10.1. The second kappa shape index (κ2) is 10.5. The number of hydrogen-bond donors (Lipinski definition) is 3. The first-order chi connectivity index (χ1) is 16.8.